The molecule has 86 valence electrons. The van der Waals surface area contributed by atoms with Gasteiger partial charge in [-0.05, 0) is 29.9 Å². The largest absolute Gasteiger partial charge is 0.512 e. The molecule has 0 aromatic carbocycles. The van der Waals surface area contributed by atoms with Crippen LogP contribution in [-0.4, -0.2) is 11.4 Å². The van der Waals surface area contributed by atoms with Crippen molar-refractivity contribution in [3.8, 4) is 0 Å². The van der Waals surface area contributed by atoms with Gasteiger partial charge in [-0.1, -0.05) is 27.7 Å². The second-order valence-electron chi connectivity index (χ2n) is 4.19. The summed E-state index contributed by atoms with van der Waals surface area (Å²) in [4.78, 5) is 3.92. The van der Waals surface area contributed by atoms with E-state index in [0.717, 1.165) is 11.1 Å². The quantitative estimate of drug-likeness (QED) is 0.324. The maximum Gasteiger partial charge on any atom is 0.0929 e. The lowest BCUT2D eigenvalue weighted by molar-refractivity contribution is 0.398. The topological polar surface area (TPSA) is 58.6 Å². The van der Waals surface area contributed by atoms with Gasteiger partial charge in [-0.2, -0.15) is 0 Å². The number of aliphatic hydroxyl groups excluding tert-OH is 1. The number of aliphatic hydroxyl groups is 1. The molecule has 0 aromatic rings. The molecule has 3 N–H and O–H groups in total. The van der Waals surface area contributed by atoms with E-state index in [1.54, 1.807) is 13.1 Å². The van der Waals surface area contributed by atoms with E-state index in [-0.39, 0.29) is 5.92 Å². The van der Waals surface area contributed by atoms with E-state index in [2.05, 4.69) is 32.7 Å². The fourth-order valence-corrected chi connectivity index (χ4v) is 1.61. The van der Waals surface area contributed by atoms with E-state index in [0.29, 0.717) is 11.7 Å². The number of aliphatic imine (C=N–C) groups is 1. The van der Waals surface area contributed by atoms with Crippen LogP contribution in [0.1, 0.15) is 34.6 Å². The smallest absolute Gasteiger partial charge is 0.0929 e. The predicted octanol–water partition coefficient (Wildman–Crippen LogP) is 3.00. The Morgan fingerprint density at radius 3 is 2.00 bits per heavy atom. The van der Waals surface area contributed by atoms with Crippen molar-refractivity contribution in [2.45, 2.75) is 34.6 Å². The van der Waals surface area contributed by atoms with Crippen molar-refractivity contribution < 1.29 is 5.11 Å². The number of allylic oxidation sites excluding steroid dienone is 3. The molecular weight excluding hydrogens is 188 g/mol. The van der Waals surface area contributed by atoms with Crippen LogP contribution in [0.4, 0.5) is 0 Å². The summed E-state index contributed by atoms with van der Waals surface area (Å²) in [5, 5.41) is 9.66. The van der Waals surface area contributed by atoms with E-state index in [1.807, 2.05) is 0 Å². The Morgan fingerprint density at radius 1 is 1.20 bits per heavy atom. The molecule has 0 spiro atoms. The summed E-state index contributed by atoms with van der Waals surface area (Å²) >= 11 is 0. The van der Waals surface area contributed by atoms with Crippen LogP contribution >= 0.6 is 0 Å². The summed E-state index contributed by atoms with van der Waals surface area (Å²) in [5.74, 6) is 0.946. The summed E-state index contributed by atoms with van der Waals surface area (Å²) in [5.41, 5.74) is 7.20. The molecule has 15 heavy (non-hydrogen) atoms. The molecule has 0 aliphatic rings. The lowest BCUT2D eigenvalue weighted by atomic mass is 9.88. The van der Waals surface area contributed by atoms with Crippen LogP contribution in [0.5, 0.6) is 0 Å². The first-order chi connectivity index (χ1) is 6.91. The van der Waals surface area contributed by atoms with E-state index in [9.17, 15) is 5.11 Å². The van der Waals surface area contributed by atoms with Crippen LogP contribution in [-0.2, 0) is 0 Å². The normalized spacial score (nSPS) is 15.3. The predicted molar refractivity (Wildman–Crippen MR) is 65.8 cm³/mol. The summed E-state index contributed by atoms with van der Waals surface area (Å²) < 4.78 is 0. The molecule has 0 bridgehead atoms. The van der Waals surface area contributed by atoms with Gasteiger partial charge in [0, 0.05) is 6.20 Å². The van der Waals surface area contributed by atoms with Gasteiger partial charge in [0.1, 0.15) is 0 Å². The highest BCUT2D eigenvalue weighted by Gasteiger charge is 2.15. The van der Waals surface area contributed by atoms with Crippen molar-refractivity contribution in [2.75, 3.05) is 0 Å². The zero-order valence-corrected chi connectivity index (χ0v) is 10.3. The third-order valence-electron chi connectivity index (χ3n) is 2.20. The minimum absolute atomic E-state index is 0.275. The second-order valence-corrected chi connectivity index (χ2v) is 4.19. The Morgan fingerprint density at radius 2 is 1.73 bits per heavy atom. The van der Waals surface area contributed by atoms with Gasteiger partial charge < -0.3 is 10.8 Å². The summed E-state index contributed by atoms with van der Waals surface area (Å²) in [7, 11) is 0. The van der Waals surface area contributed by atoms with Gasteiger partial charge in [-0.3, -0.25) is 0 Å². The molecule has 0 radical (unpaired) electrons. The van der Waals surface area contributed by atoms with Gasteiger partial charge >= 0.3 is 0 Å². The molecule has 0 aromatic heterocycles. The highest BCUT2D eigenvalue weighted by molar-refractivity contribution is 5.53. The van der Waals surface area contributed by atoms with Crippen molar-refractivity contribution in [1.29, 1.82) is 0 Å². The van der Waals surface area contributed by atoms with Gasteiger partial charge in [-0.15, -0.1) is 0 Å². The average molecular weight is 210 g/mol. The van der Waals surface area contributed by atoms with Gasteiger partial charge in [-0.25, -0.2) is 4.99 Å². The third-order valence-corrected chi connectivity index (χ3v) is 2.20. The minimum atomic E-state index is 0.275. The molecule has 0 amide bonds. The summed E-state index contributed by atoms with van der Waals surface area (Å²) in [6, 6.07) is 0. The average Bonchev–Trinajstić information content (AvgIpc) is 2.09. The molecule has 0 fully saturated rings. The first-order valence-corrected chi connectivity index (χ1v) is 5.25. The highest BCUT2D eigenvalue weighted by Crippen LogP contribution is 2.28. The molecule has 0 aliphatic heterocycles. The van der Waals surface area contributed by atoms with Gasteiger partial charge in [0.2, 0.25) is 0 Å². The van der Waals surface area contributed by atoms with E-state index in [4.69, 9.17) is 5.73 Å². The zero-order valence-electron chi connectivity index (χ0n) is 10.3. The summed E-state index contributed by atoms with van der Waals surface area (Å²) in [6.45, 7) is 9.96. The Hall–Kier alpha value is -1.25. The van der Waals surface area contributed by atoms with Crippen LogP contribution in [0.3, 0.4) is 0 Å². The standard InChI is InChI=1S/C12H22N2O/c1-8(2)11(6-14-7-13)12(9(3)4)10(5)15/h6-9,15H,1-5H3,(H2,13,14)/b11-6-,12-10+. The first kappa shape index (κ1) is 13.8. The molecule has 0 aliphatic carbocycles. The third kappa shape index (κ3) is 4.19. The van der Waals surface area contributed by atoms with E-state index < -0.39 is 0 Å². The number of nitrogens with zero attached hydrogens (tertiary/aromatic N) is 1. The molecule has 0 saturated heterocycles. The van der Waals surface area contributed by atoms with Crippen LogP contribution in [0.15, 0.2) is 28.1 Å². The fraction of sp³-hybridized carbons (Fsp3) is 0.583. The molecule has 3 nitrogen and oxygen atoms in total. The fourth-order valence-electron chi connectivity index (χ4n) is 1.61. The van der Waals surface area contributed by atoms with E-state index in [1.165, 1.54) is 6.34 Å². The minimum Gasteiger partial charge on any atom is -0.512 e. The van der Waals surface area contributed by atoms with Crippen LogP contribution in [0, 0.1) is 11.8 Å². The molecular formula is C12H22N2O. The lowest BCUT2D eigenvalue weighted by Gasteiger charge is -2.19. The monoisotopic (exact) mass is 210 g/mol. The van der Waals surface area contributed by atoms with Gasteiger partial charge in [0.15, 0.2) is 0 Å². The Bertz CT molecular complexity index is 282. The second kappa shape index (κ2) is 6.27. The van der Waals surface area contributed by atoms with Crippen LogP contribution < -0.4 is 5.73 Å². The Balaban J connectivity index is 5.32. The first-order valence-electron chi connectivity index (χ1n) is 5.25. The zero-order chi connectivity index (χ0) is 12.0. The van der Waals surface area contributed by atoms with Crippen molar-refractivity contribution in [1.82, 2.24) is 0 Å². The molecule has 0 rings (SSSR count). The number of rotatable bonds is 4. The van der Waals surface area contributed by atoms with Crippen molar-refractivity contribution in [2.24, 2.45) is 22.6 Å². The Labute approximate surface area is 92.4 Å². The maximum absolute atomic E-state index is 9.66. The number of nitrogens with two attached hydrogens (primary N) is 1. The van der Waals surface area contributed by atoms with Crippen LogP contribution in [0.2, 0.25) is 0 Å². The molecule has 3 heteroatoms. The van der Waals surface area contributed by atoms with Crippen molar-refractivity contribution >= 4 is 6.34 Å². The van der Waals surface area contributed by atoms with Crippen LogP contribution in [0.25, 0.3) is 0 Å². The summed E-state index contributed by atoms with van der Waals surface area (Å²) in [6.07, 6.45) is 2.98. The van der Waals surface area contributed by atoms with Crippen molar-refractivity contribution in [3.63, 3.8) is 0 Å². The van der Waals surface area contributed by atoms with Crippen molar-refractivity contribution in [3.05, 3.63) is 23.1 Å². The molecule has 0 atom stereocenters. The number of hydrogen-bond acceptors (Lipinski definition) is 2. The van der Waals surface area contributed by atoms with Gasteiger partial charge in [0.25, 0.3) is 0 Å². The molecule has 0 unspecified atom stereocenters. The van der Waals surface area contributed by atoms with Gasteiger partial charge in [0.05, 0.1) is 12.1 Å². The Kier molecular flexibility index (Phi) is 5.75. The van der Waals surface area contributed by atoms with E-state index >= 15 is 0 Å². The number of hydrogen-bond donors (Lipinski definition) is 2. The maximum atomic E-state index is 9.66. The molecule has 0 saturated carbocycles. The molecule has 0 heterocycles. The SMILES string of the molecule is C\C(O)=C(/C(=C\N=C/N)C(C)C)C(C)C. The highest BCUT2D eigenvalue weighted by atomic mass is 16.3. The lowest BCUT2D eigenvalue weighted by Crippen LogP contribution is -2.07.